The van der Waals surface area contributed by atoms with Crippen LogP contribution in [0.25, 0.3) is 11.0 Å². The summed E-state index contributed by atoms with van der Waals surface area (Å²) in [7, 11) is -2.71. The van der Waals surface area contributed by atoms with Crippen molar-refractivity contribution < 1.29 is 50.6 Å². The van der Waals surface area contributed by atoms with Gasteiger partial charge in [-0.25, -0.2) is 32.0 Å². The fraction of sp³-hybridized carbons (Fsp3) is 0.700. The number of alkyl halides is 2. The summed E-state index contributed by atoms with van der Waals surface area (Å²) in [4.78, 5) is 67.4. The molecular formula is C40H54F2N6O9S. The smallest absolute Gasteiger partial charge is 0.408 e. The number of benzene rings is 1. The first kappa shape index (κ1) is 41.8. The second-order valence-electron chi connectivity index (χ2n) is 18.4. The van der Waals surface area contributed by atoms with Gasteiger partial charge >= 0.3 is 6.09 Å². The monoisotopic (exact) mass is 832 g/mol. The molecule has 15 nitrogen and oxygen atoms in total. The van der Waals surface area contributed by atoms with Crippen molar-refractivity contribution in [2.75, 3.05) is 13.7 Å². The fourth-order valence-electron chi connectivity index (χ4n) is 8.42. The molecule has 1 aromatic carbocycles. The lowest BCUT2D eigenvalue weighted by molar-refractivity contribution is -0.143. The number of aromatic nitrogens is 2. The zero-order valence-corrected chi connectivity index (χ0v) is 34.8. The molecule has 0 spiro atoms. The Morgan fingerprint density at radius 3 is 2.43 bits per heavy atom. The van der Waals surface area contributed by atoms with Crippen LogP contribution < -0.4 is 24.8 Å². The van der Waals surface area contributed by atoms with Crippen molar-refractivity contribution >= 4 is 44.9 Å². The maximum absolute atomic E-state index is 14.8. The first-order valence-electron chi connectivity index (χ1n) is 20.1. The number of sulfonamides is 1. The number of methoxy groups -OCH3 is 1. The molecule has 18 heteroatoms. The molecule has 58 heavy (non-hydrogen) atoms. The lowest BCUT2D eigenvalue weighted by atomic mass is 9.85. The largest absolute Gasteiger partial charge is 0.497 e. The summed E-state index contributed by atoms with van der Waals surface area (Å²) in [6, 6.07) is 2.67. The predicted molar refractivity (Wildman–Crippen MR) is 206 cm³/mol. The number of hydrogen-bond acceptors (Lipinski definition) is 11. The number of halogens is 2. The summed E-state index contributed by atoms with van der Waals surface area (Å²) in [5, 5.41) is 5.24. The molecule has 3 saturated carbocycles. The van der Waals surface area contributed by atoms with Crippen molar-refractivity contribution in [1.29, 1.82) is 0 Å². The van der Waals surface area contributed by atoms with Gasteiger partial charge in [0, 0.05) is 17.9 Å². The van der Waals surface area contributed by atoms with Gasteiger partial charge in [-0.3, -0.25) is 19.1 Å². The molecule has 8 atom stereocenters. The van der Waals surface area contributed by atoms with Gasteiger partial charge in [0.05, 0.1) is 35.4 Å². The van der Waals surface area contributed by atoms with E-state index in [0.29, 0.717) is 48.2 Å². The highest BCUT2D eigenvalue weighted by Crippen LogP contribution is 2.51. The summed E-state index contributed by atoms with van der Waals surface area (Å²) in [5.74, 6) is -4.49. The van der Waals surface area contributed by atoms with Gasteiger partial charge in [0.15, 0.2) is 0 Å². The first-order valence-corrected chi connectivity index (χ1v) is 21.6. The number of carbonyl (C=O) groups is 4. The zero-order valence-electron chi connectivity index (χ0n) is 34.0. The minimum Gasteiger partial charge on any atom is -0.497 e. The van der Waals surface area contributed by atoms with E-state index in [2.05, 4.69) is 10.6 Å². The van der Waals surface area contributed by atoms with Gasteiger partial charge in [-0.2, -0.15) is 0 Å². The maximum Gasteiger partial charge on any atom is 0.408 e. The van der Waals surface area contributed by atoms with Gasteiger partial charge < -0.3 is 29.7 Å². The Hall–Kier alpha value is -4.35. The average molecular weight is 833 g/mol. The number of aryl methyl sites for hydroxylation is 1. The highest BCUT2D eigenvalue weighted by molar-refractivity contribution is 7.91. The van der Waals surface area contributed by atoms with Crippen LogP contribution in [0.5, 0.6) is 11.6 Å². The molecule has 5 aliphatic rings. The molecule has 2 bridgehead atoms. The zero-order chi connectivity index (χ0) is 42.2. The van der Waals surface area contributed by atoms with Crippen molar-refractivity contribution in [3.05, 3.63) is 23.9 Å². The third kappa shape index (κ3) is 7.88. The summed E-state index contributed by atoms with van der Waals surface area (Å²) in [5.41, 5.74) is -2.17. The van der Waals surface area contributed by atoms with Crippen LogP contribution in [-0.4, -0.2) is 101 Å². The van der Waals surface area contributed by atoms with E-state index < -0.39 is 98.0 Å². The Morgan fingerprint density at radius 1 is 1.07 bits per heavy atom. The normalized spacial score (nSPS) is 32.3. The van der Waals surface area contributed by atoms with E-state index >= 15 is 0 Å². The maximum atomic E-state index is 14.8. The molecule has 4 fully saturated rings. The van der Waals surface area contributed by atoms with E-state index in [1.54, 1.807) is 45.9 Å². The van der Waals surface area contributed by atoms with Crippen molar-refractivity contribution in [1.82, 2.24) is 30.2 Å². The number of hydrogen-bond donors (Lipinski definition) is 3. The molecule has 3 aliphatic carbocycles. The van der Waals surface area contributed by atoms with Crippen LogP contribution in [0.3, 0.4) is 0 Å². The Balaban J connectivity index is 1.26. The lowest BCUT2D eigenvalue weighted by Crippen LogP contribution is -2.61. The predicted octanol–water partition coefficient (Wildman–Crippen LogP) is 4.41. The fourth-order valence-corrected chi connectivity index (χ4v) is 9.73. The number of nitrogens with one attached hydrogen (secondary N) is 3. The summed E-state index contributed by atoms with van der Waals surface area (Å²) in [6.45, 7) is 10.0. The standard InChI is InChI=1S/C40H54F2N6O9S/c1-21-28-20-48(29(21)32(49)46-40(19-24(40)31(41)42)35(51)47-58(53,54)38(5)15-16-38)34(50)30(37(2,3)4)45-36(52)57-39(6)18-22(39)11-9-8-10-12-26-33(56-28)44-27-17-23(55-7)13-14-25(27)43-26/h13-14,17,21-22,24,28-31H,8-12,15-16,18-20H2,1-7H3,(H,45,52)(H,46,49)(H,47,51)/t21-,22-,24?,28+,29+,30-,39-,40-/m1/s1. The van der Waals surface area contributed by atoms with E-state index in [1.165, 1.54) is 18.9 Å². The van der Waals surface area contributed by atoms with Crippen molar-refractivity contribution in [3.8, 4) is 11.6 Å². The van der Waals surface area contributed by atoms with Crippen LogP contribution in [0.15, 0.2) is 18.2 Å². The topological polar surface area (TPSA) is 195 Å². The van der Waals surface area contributed by atoms with Crippen molar-refractivity contribution in [2.24, 2.45) is 23.2 Å². The molecule has 1 aromatic heterocycles. The molecule has 2 aromatic rings. The molecule has 2 aliphatic heterocycles. The van der Waals surface area contributed by atoms with Crippen LogP contribution in [0.2, 0.25) is 0 Å². The van der Waals surface area contributed by atoms with Crippen LogP contribution >= 0.6 is 0 Å². The third-order valence-corrected chi connectivity index (χ3v) is 15.1. The van der Waals surface area contributed by atoms with Crippen molar-refractivity contribution in [2.45, 2.75) is 140 Å². The Bertz CT molecular complexity index is 2110. The molecule has 1 saturated heterocycles. The molecular weight excluding hydrogens is 779 g/mol. The number of amides is 4. The molecule has 7 rings (SSSR count). The number of fused-ring (bicyclic) bond motifs is 5. The second-order valence-corrected chi connectivity index (χ2v) is 20.6. The van der Waals surface area contributed by atoms with Gasteiger partial charge in [-0.05, 0) is 76.3 Å². The summed E-state index contributed by atoms with van der Waals surface area (Å²) in [6.07, 6.45) is -0.133. The summed E-state index contributed by atoms with van der Waals surface area (Å²) < 4.78 is 73.4. The van der Waals surface area contributed by atoms with Gasteiger partial charge in [-0.1, -0.05) is 40.5 Å². The number of nitrogens with zero attached hydrogens (tertiary/aromatic N) is 3. The number of ether oxygens (including phenoxy) is 3. The average Bonchev–Trinajstić information content (AvgIpc) is 4.09. The highest BCUT2D eigenvalue weighted by atomic mass is 32.2. The lowest BCUT2D eigenvalue weighted by Gasteiger charge is -2.36. The van der Waals surface area contributed by atoms with Crippen LogP contribution in [0.1, 0.15) is 98.6 Å². The van der Waals surface area contributed by atoms with E-state index in [1.807, 2.05) is 11.6 Å². The molecule has 318 valence electrons. The minimum absolute atomic E-state index is 0.148. The van der Waals surface area contributed by atoms with Crippen LogP contribution in [0.4, 0.5) is 13.6 Å². The molecule has 4 amide bonds. The van der Waals surface area contributed by atoms with E-state index in [4.69, 9.17) is 24.2 Å². The Morgan fingerprint density at radius 2 is 1.79 bits per heavy atom. The molecule has 3 N–H and O–H groups in total. The van der Waals surface area contributed by atoms with Crippen molar-refractivity contribution in [3.63, 3.8) is 0 Å². The molecule has 3 heterocycles. The third-order valence-electron chi connectivity index (χ3n) is 12.9. The highest BCUT2D eigenvalue weighted by Gasteiger charge is 2.68. The van der Waals surface area contributed by atoms with Gasteiger partial charge in [0.25, 0.3) is 5.91 Å². The second kappa shape index (κ2) is 14.7. The van der Waals surface area contributed by atoms with E-state index in [9.17, 15) is 36.4 Å². The SMILES string of the molecule is COc1ccc2nc3c(nc2c1)O[C@H]1CN(C(=O)[C@H](C(C)(C)C)NC(=O)O[C@]2(C)C[C@H]2CCCCC3)[C@H](C(=O)N[C@]2(C(=O)NS(=O)(=O)C3(C)CC3)CC2C(F)F)[C@@H]1C. The van der Waals surface area contributed by atoms with Crippen LogP contribution in [-0.2, 0) is 35.6 Å². The van der Waals surface area contributed by atoms with Crippen LogP contribution in [0, 0.1) is 23.2 Å². The Kier molecular flexibility index (Phi) is 10.6. The quantitative estimate of drug-likeness (QED) is 0.358. The van der Waals surface area contributed by atoms with E-state index in [-0.39, 0.29) is 18.3 Å². The molecule has 0 radical (unpaired) electrons. The minimum atomic E-state index is -4.24. The number of rotatable bonds is 7. The van der Waals surface area contributed by atoms with E-state index in [0.717, 1.165) is 25.7 Å². The van der Waals surface area contributed by atoms with Gasteiger partial charge in [0.1, 0.15) is 40.8 Å². The molecule has 1 unspecified atom stereocenters. The first-order chi connectivity index (χ1) is 27.1. The van der Waals surface area contributed by atoms with Gasteiger partial charge in [-0.15, -0.1) is 0 Å². The number of alkyl carbamates (subject to hydrolysis) is 1. The number of carbonyl (C=O) groups excluding carboxylic acids is 4. The summed E-state index contributed by atoms with van der Waals surface area (Å²) >= 11 is 0. The van der Waals surface area contributed by atoms with Gasteiger partial charge in [0.2, 0.25) is 34.1 Å². The Labute approximate surface area is 337 Å².